The lowest BCUT2D eigenvalue weighted by Crippen LogP contribution is -2.53. The van der Waals surface area contributed by atoms with E-state index in [1.165, 1.54) is 47.2 Å². The highest BCUT2D eigenvalue weighted by Crippen LogP contribution is 2.46. The zero-order chi connectivity index (χ0) is 40.2. The minimum atomic E-state index is -1.36. The molecule has 1 aliphatic heterocycles. The second-order valence-electron chi connectivity index (χ2n) is 14.3. The fourth-order valence-corrected chi connectivity index (χ4v) is 5.93. The van der Waals surface area contributed by atoms with Crippen LogP contribution in [0.5, 0.6) is 28.7 Å². The number of nitrogens with zero attached hydrogens (tertiary/aromatic N) is 1. The van der Waals surface area contributed by atoms with Gasteiger partial charge in [0, 0.05) is 24.3 Å². The maximum Gasteiger partial charge on any atom is 0.344 e. The Morgan fingerprint density at radius 3 is 2.20 bits per heavy atom. The Balaban J connectivity index is 1.97. The number of methoxy groups -OCH3 is 4. The first kappa shape index (κ1) is 43.1. The number of carbonyl (C=O) groups is 5. The van der Waals surface area contributed by atoms with E-state index in [0.717, 1.165) is 6.08 Å². The molecule has 1 saturated heterocycles. The molecule has 0 radical (unpaired) electrons. The molecule has 14 heteroatoms. The van der Waals surface area contributed by atoms with Crippen LogP contribution < -0.4 is 23.7 Å². The van der Waals surface area contributed by atoms with E-state index in [-0.39, 0.29) is 39.0 Å². The molecule has 296 valence electrons. The summed E-state index contributed by atoms with van der Waals surface area (Å²) in [6.07, 6.45) is 1.99. The standard InChI is InChI=1S/C40H53NO13/c1-11-32(42)52-24-40(5,6)36(44)37(45)41-20-13-12-17-28(41)38(46)53-29(25-15-14-16-26(21-25)51-23-33(43)54-39(2,3)4)19-18-27-30(47-7)22-31(48-8)35(50-10)34(27)49-9/h11,14-16,21-22,28-29H,1,12-13,17-20,23-24H2,2-10H3/t28-,29+/m0/s1. The highest BCUT2D eigenvalue weighted by atomic mass is 16.6. The van der Waals surface area contributed by atoms with Crippen molar-refractivity contribution in [2.45, 2.75) is 84.5 Å². The smallest absolute Gasteiger partial charge is 0.344 e. The van der Waals surface area contributed by atoms with Crippen LogP contribution in [-0.2, 0) is 44.6 Å². The minimum absolute atomic E-state index is 0.158. The SMILES string of the molecule is C=CC(=O)OCC(C)(C)C(=O)C(=O)N1CCCC[C@H]1C(=O)O[C@H](CCc1c(OC)cc(OC)c(OC)c1OC)c1cccc(OCC(=O)OC(C)(C)C)c1. The van der Waals surface area contributed by atoms with Crippen LogP contribution in [-0.4, -0.2) is 94.3 Å². The van der Waals surface area contributed by atoms with Crippen LogP contribution in [0, 0.1) is 5.41 Å². The van der Waals surface area contributed by atoms with E-state index < -0.39 is 52.8 Å². The van der Waals surface area contributed by atoms with Gasteiger partial charge in [0.05, 0.1) is 33.9 Å². The molecular formula is C40H53NO13. The van der Waals surface area contributed by atoms with Gasteiger partial charge in [0.15, 0.2) is 18.1 Å². The number of hydrogen-bond donors (Lipinski definition) is 0. The Kier molecular flexibility index (Phi) is 15.3. The molecule has 2 aromatic carbocycles. The van der Waals surface area contributed by atoms with Crippen molar-refractivity contribution in [3.8, 4) is 28.7 Å². The Bertz CT molecular complexity index is 1680. The number of amides is 1. The van der Waals surface area contributed by atoms with Crippen LogP contribution >= 0.6 is 0 Å². The van der Waals surface area contributed by atoms with Gasteiger partial charge in [0.1, 0.15) is 35.9 Å². The Morgan fingerprint density at radius 1 is 0.907 bits per heavy atom. The first-order valence-electron chi connectivity index (χ1n) is 17.7. The van der Waals surface area contributed by atoms with Crippen LogP contribution in [0.15, 0.2) is 43.0 Å². The molecule has 0 aliphatic carbocycles. The molecule has 1 aliphatic rings. The molecule has 3 rings (SSSR count). The molecule has 0 aromatic heterocycles. The lowest BCUT2D eigenvalue weighted by Gasteiger charge is -2.36. The maximum atomic E-state index is 14.1. The quantitative estimate of drug-likeness (QED) is 0.0828. The fraction of sp³-hybridized carbons (Fsp3) is 0.525. The minimum Gasteiger partial charge on any atom is -0.496 e. The zero-order valence-corrected chi connectivity index (χ0v) is 32.7. The molecule has 2 atom stereocenters. The summed E-state index contributed by atoms with van der Waals surface area (Å²) in [5.41, 5.74) is -0.892. The van der Waals surface area contributed by atoms with Gasteiger partial charge in [0.2, 0.25) is 11.5 Å². The number of carbonyl (C=O) groups excluding carboxylic acids is 5. The van der Waals surface area contributed by atoms with Crippen molar-refractivity contribution in [1.82, 2.24) is 4.90 Å². The van der Waals surface area contributed by atoms with Gasteiger partial charge in [-0.1, -0.05) is 18.7 Å². The highest BCUT2D eigenvalue weighted by Gasteiger charge is 2.42. The topological polar surface area (TPSA) is 162 Å². The number of rotatable bonds is 18. The van der Waals surface area contributed by atoms with Crippen LogP contribution in [0.3, 0.4) is 0 Å². The van der Waals surface area contributed by atoms with Gasteiger partial charge >= 0.3 is 17.9 Å². The summed E-state index contributed by atoms with van der Waals surface area (Å²) in [4.78, 5) is 66.5. The van der Waals surface area contributed by atoms with Gasteiger partial charge < -0.3 is 42.8 Å². The number of ether oxygens (including phenoxy) is 8. The summed E-state index contributed by atoms with van der Waals surface area (Å²) in [5, 5.41) is 0. The average Bonchev–Trinajstić information content (AvgIpc) is 3.15. The van der Waals surface area contributed by atoms with Gasteiger partial charge in [-0.2, -0.15) is 0 Å². The highest BCUT2D eigenvalue weighted by molar-refractivity contribution is 6.38. The third kappa shape index (κ3) is 11.4. The molecule has 54 heavy (non-hydrogen) atoms. The predicted molar refractivity (Wildman–Crippen MR) is 197 cm³/mol. The lowest BCUT2D eigenvalue weighted by atomic mass is 9.87. The molecule has 1 fully saturated rings. The first-order valence-corrected chi connectivity index (χ1v) is 17.7. The summed E-state index contributed by atoms with van der Waals surface area (Å²) in [5.74, 6) is -1.76. The fourth-order valence-electron chi connectivity index (χ4n) is 5.93. The monoisotopic (exact) mass is 755 g/mol. The Morgan fingerprint density at radius 2 is 1.59 bits per heavy atom. The van der Waals surface area contributed by atoms with Crippen molar-refractivity contribution in [1.29, 1.82) is 0 Å². The maximum absolute atomic E-state index is 14.1. The van der Waals surface area contributed by atoms with Crippen molar-refractivity contribution >= 4 is 29.6 Å². The van der Waals surface area contributed by atoms with Crippen LogP contribution in [0.1, 0.15) is 77.5 Å². The second-order valence-corrected chi connectivity index (χ2v) is 14.3. The van der Waals surface area contributed by atoms with E-state index in [1.54, 1.807) is 51.1 Å². The van der Waals surface area contributed by atoms with Crippen molar-refractivity contribution in [2.24, 2.45) is 5.41 Å². The van der Waals surface area contributed by atoms with Crippen molar-refractivity contribution < 1.29 is 61.9 Å². The van der Waals surface area contributed by atoms with E-state index in [0.29, 0.717) is 52.7 Å². The largest absolute Gasteiger partial charge is 0.496 e. The van der Waals surface area contributed by atoms with Gasteiger partial charge in [-0.15, -0.1) is 0 Å². The molecular weight excluding hydrogens is 702 g/mol. The summed E-state index contributed by atoms with van der Waals surface area (Å²) in [6, 6.07) is 7.39. The van der Waals surface area contributed by atoms with E-state index in [2.05, 4.69) is 6.58 Å². The molecule has 1 amide bonds. The molecule has 0 bridgehead atoms. The Labute approximate surface area is 316 Å². The number of likely N-dealkylation sites (tertiary alicyclic amines) is 1. The van der Waals surface area contributed by atoms with E-state index in [4.69, 9.17) is 37.9 Å². The molecule has 0 unspecified atom stereocenters. The number of esters is 3. The first-order chi connectivity index (χ1) is 25.5. The second kappa shape index (κ2) is 19.2. The molecule has 0 spiro atoms. The molecule has 14 nitrogen and oxygen atoms in total. The molecule has 1 heterocycles. The number of ketones is 1. The summed E-state index contributed by atoms with van der Waals surface area (Å²) in [7, 11) is 5.98. The molecule has 2 aromatic rings. The van der Waals surface area contributed by atoms with Crippen molar-refractivity contribution in [3.63, 3.8) is 0 Å². The normalized spacial score (nSPS) is 14.9. The lowest BCUT2D eigenvalue weighted by molar-refractivity contribution is -0.165. The van der Waals surface area contributed by atoms with Gasteiger partial charge in [-0.05, 0) is 84.4 Å². The Hall–Kier alpha value is -5.27. The van der Waals surface area contributed by atoms with Crippen LogP contribution in [0.4, 0.5) is 0 Å². The zero-order valence-electron chi connectivity index (χ0n) is 32.7. The number of piperidine rings is 1. The van der Waals surface area contributed by atoms with Gasteiger partial charge in [0.25, 0.3) is 5.91 Å². The molecule has 0 N–H and O–H groups in total. The predicted octanol–water partition coefficient (Wildman–Crippen LogP) is 5.36. The van der Waals surface area contributed by atoms with Gasteiger partial charge in [-0.3, -0.25) is 9.59 Å². The number of Topliss-reactive ketones (excluding diaryl/α,β-unsaturated/α-hetero) is 1. The summed E-state index contributed by atoms with van der Waals surface area (Å²) >= 11 is 0. The molecule has 0 saturated carbocycles. The van der Waals surface area contributed by atoms with Crippen molar-refractivity contribution in [3.05, 3.63) is 54.1 Å². The van der Waals surface area contributed by atoms with E-state index in [9.17, 15) is 24.0 Å². The van der Waals surface area contributed by atoms with Gasteiger partial charge in [-0.25, -0.2) is 14.4 Å². The van der Waals surface area contributed by atoms with E-state index in [1.807, 2.05) is 0 Å². The van der Waals surface area contributed by atoms with Crippen LogP contribution in [0.25, 0.3) is 0 Å². The van der Waals surface area contributed by atoms with E-state index >= 15 is 0 Å². The summed E-state index contributed by atoms with van der Waals surface area (Å²) in [6.45, 7) is 11.1. The summed E-state index contributed by atoms with van der Waals surface area (Å²) < 4.78 is 44.9. The number of hydrogen-bond acceptors (Lipinski definition) is 13. The third-order valence-corrected chi connectivity index (χ3v) is 8.62. The number of benzene rings is 2. The van der Waals surface area contributed by atoms with Crippen molar-refractivity contribution in [2.75, 3.05) is 48.2 Å². The average molecular weight is 756 g/mol. The van der Waals surface area contributed by atoms with Crippen LogP contribution in [0.2, 0.25) is 0 Å². The third-order valence-electron chi connectivity index (χ3n) is 8.62.